The van der Waals surface area contributed by atoms with Crippen LogP contribution in [0, 0.1) is 0 Å². The molecule has 0 aromatic carbocycles. The fraction of sp³-hybridized carbons (Fsp3) is 0.538. The van der Waals surface area contributed by atoms with Gasteiger partial charge >= 0.3 is 6.03 Å². The molecular formula is C13H19N3O3. The number of carbonyl (C=O) groups excluding carboxylic acids is 1. The standard InChI is InChI=1S/C13H19N3O3/c1-2-18-12-11(6-3-7-14-12)16-13(17)15-9-10-5-4-8-19-10/h3,6-7,10H,2,4-5,8-9H2,1H3,(H2,15,16,17). The Morgan fingerprint density at radius 1 is 1.63 bits per heavy atom. The van der Waals surface area contributed by atoms with E-state index in [0.717, 1.165) is 19.4 Å². The Morgan fingerprint density at radius 3 is 3.26 bits per heavy atom. The third kappa shape index (κ3) is 4.10. The molecule has 19 heavy (non-hydrogen) atoms. The molecule has 1 unspecified atom stereocenters. The Labute approximate surface area is 112 Å². The van der Waals surface area contributed by atoms with Crippen LogP contribution in [-0.2, 0) is 4.74 Å². The number of aromatic nitrogens is 1. The van der Waals surface area contributed by atoms with E-state index < -0.39 is 0 Å². The number of urea groups is 1. The first kappa shape index (κ1) is 13.6. The highest BCUT2D eigenvalue weighted by molar-refractivity contribution is 5.90. The Morgan fingerprint density at radius 2 is 2.53 bits per heavy atom. The highest BCUT2D eigenvalue weighted by atomic mass is 16.5. The van der Waals surface area contributed by atoms with E-state index in [1.807, 2.05) is 6.92 Å². The van der Waals surface area contributed by atoms with Crippen molar-refractivity contribution in [1.82, 2.24) is 10.3 Å². The summed E-state index contributed by atoms with van der Waals surface area (Å²) in [6.07, 6.45) is 3.81. The van der Waals surface area contributed by atoms with Gasteiger partial charge in [0, 0.05) is 19.3 Å². The summed E-state index contributed by atoms with van der Waals surface area (Å²) in [7, 11) is 0. The first-order valence-electron chi connectivity index (χ1n) is 6.54. The van der Waals surface area contributed by atoms with Crippen LogP contribution in [0.5, 0.6) is 5.88 Å². The lowest BCUT2D eigenvalue weighted by Gasteiger charge is -2.13. The molecule has 2 heterocycles. The maximum absolute atomic E-state index is 11.8. The third-order valence-electron chi connectivity index (χ3n) is 2.81. The van der Waals surface area contributed by atoms with Crippen LogP contribution < -0.4 is 15.4 Å². The van der Waals surface area contributed by atoms with E-state index in [2.05, 4.69) is 15.6 Å². The molecule has 0 spiro atoms. The van der Waals surface area contributed by atoms with E-state index in [0.29, 0.717) is 24.7 Å². The summed E-state index contributed by atoms with van der Waals surface area (Å²) in [6.45, 7) is 3.68. The SMILES string of the molecule is CCOc1ncccc1NC(=O)NCC1CCCO1. The monoisotopic (exact) mass is 265 g/mol. The molecule has 1 aliphatic heterocycles. The number of amides is 2. The Bertz CT molecular complexity index is 419. The number of carbonyl (C=O) groups is 1. The summed E-state index contributed by atoms with van der Waals surface area (Å²) in [5.41, 5.74) is 0.564. The molecule has 2 amide bonds. The lowest BCUT2D eigenvalue weighted by atomic mass is 10.2. The van der Waals surface area contributed by atoms with E-state index in [4.69, 9.17) is 9.47 Å². The van der Waals surface area contributed by atoms with Crippen molar-refractivity contribution in [1.29, 1.82) is 0 Å². The van der Waals surface area contributed by atoms with Gasteiger partial charge < -0.3 is 20.1 Å². The maximum atomic E-state index is 11.8. The van der Waals surface area contributed by atoms with Gasteiger partial charge in [-0.1, -0.05) is 0 Å². The molecule has 6 heteroatoms. The van der Waals surface area contributed by atoms with Crippen LogP contribution in [0.3, 0.4) is 0 Å². The molecule has 1 saturated heterocycles. The van der Waals surface area contributed by atoms with E-state index in [1.165, 1.54) is 0 Å². The Balaban J connectivity index is 1.83. The molecule has 0 aliphatic carbocycles. The largest absolute Gasteiger partial charge is 0.476 e. The fourth-order valence-electron chi connectivity index (χ4n) is 1.92. The van der Waals surface area contributed by atoms with Gasteiger partial charge in [-0.25, -0.2) is 9.78 Å². The molecule has 2 rings (SSSR count). The molecule has 1 aromatic heterocycles. The average Bonchev–Trinajstić information content (AvgIpc) is 2.92. The van der Waals surface area contributed by atoms with Gasteiger partial charge in [0.1, 0.15) is 5.69 Å². The first-order valence-corrected chi connectivity index (χ1v) is 6.54. The van der Waals surface area contributed by atoms with Crippen LogP contribution in [0.2, 0.25) is 0 Å². The normalized spacial score (nSPS) is 18.1. The second-order valence-corrected chi connectivity index (χ2v) is 4.26. The van der Waals surface area contributed by atoms with Crippen LogP contribution in [0.25, 0.3) is 0 Å². The molecule has 6 nitrogen and oxygen atoms in total. The van der Waals surface area contributed by atoms with Crippen molar-refractivity contribution >= 4 is 11.7 Å². The minimum Gasteiger partial charge on any atom is -0.476 e. The second-order valence-electron chi connectivity index (χ2n) is 4.26. The van der Waals surface area contributed by atoms with Crippen LogP contribution >= 0.6 is 0 Å². The van der Waals surface area contributed by atoms with Gasteiger partial charge in [0.25, 0.3) is 0 Å². The number of nitrogens with zero attached hydrogens (tertiary/aromatic N) is 1. The first-order chi connectivity index (χ1) is 9.29. The summed E-state index contributed by atoms with van der Waals surface area (Å²) in [5.74, 6) is 0.428. The molecule has 0 saturated carbocycles. The minimum atomic E-state index is -0.274. The summed E-state index contributed by atoms with van der Waals surface area (Å²) in [4.78, 5) is 15.8. The van der Waals surface area contributed by atoms with Crippen molar-refractivity contribution in [2.75, 3.05) is 25.1 Å². The van der Waals surface area contributed by atoms with E-state index in [1.54, 1.807) is 18.3 Å². The number of ether oxygens (including phenoxy) is 2. The molecule has 2 N–H and O–H groups in total. The zero-order valence-corrected chi connectivity index (χ0v) is 11.0. The molecular weight excluding hydrogens is 246 g/mol. The van der Waals surface area contributed by atoms with Crippen molar-refractivity contribution in [2.24, 2.45) is 0 Å². The number of hydrogen-bond donors (Lipinski definition) is 2. The number of nitrogens with one attached hydrogen (secondary N) is 2. The van der Waals surface area contributed by atoms with Crippen molar-refractivity contribution in [3.8, 4) is 5.88 Å². The zero-order chi connectivity index (χ0) is 13.5. The lowest BCUT2D eigenvalue weighted by molar-refractivity contribution is 0.112. The number of hydrogen-bond acceptors (Lipinski definition) is 4. The predicted octanol–water partition coefficient (Wildman–Crippen LogP) is 1.78. The van der Waals surface area contributed by atoms with E-state index in [-0.39, 0.29) is 12.1 Å². The molecule has 1 aliphatic rings. The van der Waals surface area contributed by atoms with Gasteiger partial charge in [-0.15, -0.1) is 0 Å². The van der Waals surface area contributed by atoms with Crippen molar-refractivity contribution in [3.05, 3.63) is 18.3 Å². The highest BCUT2D eigenvalue weighted by Crippen LogP contribution is 2.20. The van der Waals surface area contributed by atoms with Gasteiger partial charge in [0.05, 0.1) is 12.7 Å². The lowest BCUT2D eigenvalue weighted by Crippen LogP contribution is -2.35. The smallest absolute Gasteiger partial charge is 0.319 e. The van der Waals surface area contributed by atoms with E-state index in [9.17, 15) is 4.79 Å². The Kier molecular flexibility index (Phi) is 4.97. The zero-order valence-electron chi connectivity index (χ0n) is 11.0. The molecule has 1 aromatic rings. The topological polar surface area (TPSA) is 72.5 Å². The average molecular weight is 265 g/mol. The van der Waals surface area contributed by atoms with Crippen LogP contribution in [-0.4, -0.2) is 36.9 Å². The molecule has 1 fully saturated rings. The van der Waals surface area contributed by atoms with Crippen LogP contribution in [0.15, 0.2) is 18.3 Å². The van der Waals surface area contributed by atoms with Gasteiger partial charge in [-0.05, 0) is 31.9 Å². The minimum absolute atomic E-state index is 0.131. The van der Waals surface area contributed by atoms with Crippen LogP contribution in [0.1, 0.15) is 19.8 Å². The van der Waals surface area contributed by atoms with Gasteiger partial charge in [0.2, 0.25) is 5.88 Å². The summed E-state index contributed by atoms with van der Waals surface area (Å²) in [6, 6.07) is 3.23. The van der Waals surface area contributed by atoms with Gasteiger partial charge in [-0.2, -0.15) is 0 Å². The predicted molar refractivity (Wildman–Crippen MR) is 71.4 cm³/mol. The highest BCUT2D eigenvalue weighted by Gasteiger charge is 2.16. The van der Waals surface area contributed by atoms with Crippen molar-refractivity contribution in [2.45, 2.75) is 25.9 Å². The summed E-state index contributed by atoms with van der Waals surface area (Å²) >= 11 is 0. The van der Waals surface area contributed by atoms with Gasteiger partial charge in [0.15, 0.2) is 0 Å². The molecule has 0 bridgehead atoms. The maximum Gasteiger partial charge on any atom is 0.319 e. The van der Waals surface area contributed by atoms with Crippen molar-refractivity contribution in [3.63, 3.8) is 0 Å². The Hall–Kier alpha value is -1.82. The molecule has 0 radical (unpaired) electrons. The molecule has 1 atom stereocenters. The quantitative estimate of drug-likeness (QED) is 0.851. The molecule has 104 valence electrons. The third-order valence-corrected chi connectivity index (χ3v) is 2.81. The number of pyridine rings is 1. The van der Waals surface area contributed by atoms with Crippen molar-refractivity contribution < 1.29 is 14.3 Å². The van der Waals surface area contributed by atoms with Crippen LogP contribution in [0.4, 0.5) is 10.5 Å². The number of rotatable bonds is 5. The summed E-state index contributed by atoms with van der Waals surface area (Å²) < 4.78 is 10.8. The summed E-state index contributed by atoms with van der Waals surface area (Å²) in [5, 5.41) is 5.51. The van der Waals surface area contributed by atoms with Gasteiger partial charge in [-0.3, -0.25) is 0 Å². The second kappa shape index (κ2) is 6.94. The van der Waals surface area contributed by atoms with E-state index >= 15 is 0 Å². The number of anilines is 1. The fourth-order valence-corrected chi connectivity index (χ4v) is 1.92.